The molecular formula is C19H23BrN2O3. The molecule has 0 aliphatic carbocycles. The molecule has 0 bridgehead atoms. The van der Waals surface area contributed by atoms with Gasteiger partial charge < -0.3 is 14.5 Å². The lowest BCUT2D eigenvalue weighted by molar-refractivity contribution is -0.139. The Labute approximate surface area is 156 Å². The van der Waals surface area contributed by atoms with Crippen molar-refractivity contribution in [3.05, 3.63) is 34.3 Å². The molecule has 134 valence electrons. The number of likely N-dealkylation sites (tertiary alicyclic amines) is 2. The third-order valence-electron chi connectivity index (χ3n) is 5.66. The third-order valence-corrected chi connectivity index (χ3v) is 6.16. The minimum atomic E-state index is 0.119. The summed E-state index contributed by atoms with van der Waals surface area (Å²) in [6, 6.07) is 8.48. The van der Waals surface area contributed by atoms with E-state index in [-0.39, 0.29) is 30.4 Å². The van der Waals surface area contributed by atoms with Crippen LogP contribution >= 0.6 is 15.9 Å². The molecule has 25 heavy (non-hydrogen) atoms. The molecular weight excluding hydrogens is 384 g/mol. The van der Waals surface area contributed by atoms with Gasteiger partial charge in [-0.2, -0.15) is 0 Å². The highest BCUT2D eigenvalue weighted by Gasteiger charge is 2.38. The zero-order valence-corrected chi connectivity index (χ0v) is 15.8. The fourth-order valence-corrected chi connectivity index (χ4v) is 4.73. The Morgan fingerprint density at radius 3 is 2.80 bits per heavy atom. The van der Waals surface area contributed by atoms with Crippen LogP contribution in [0, 0.1) is 5.92 Å². The van der Waals surface area contributed by atoms with Crippen molar-refractivity contribution in [2.75, 3.05) is 32.8 Å². The van der Waals surface area contributed by atoms with Gasteiger partial charge in [-0.25, -0.2) is 4.79 Å². The highest BCUT2D eigenvalue weighted by molar-refractivity contribution is 9.10. The fourth-order valence-electron chi connectivity index (χ4n) is 4.32. The van der Waals surface area contributed by atoms with Gasteiger partial charge in [0.1, 0.15) is 6.61 Å². The number of piperidine rings is 1. The molecule has 1 aromatic carbocycles. The molecule has 0 spiro atoms. The van der Waals surface area contributed by atoms with Crippen molar-refractivity contribution in [1.29, 1.82) is 0 Å². The summed E-state index contributed by atoms with van der Waals surface area (Å²) in [6.07, 6.45) is 2.54. The number of carbonyl (C=O) groups is 2. The molecule has 3 fully saturated rings. The van der Waals surface area contributed by atoms with E-state index in [1.54, 1.807) is 0 Å². The van der Waals surface area contributed by atoms with Crippen molar-refractivity contribution < 1.29 is 14.3 Å². The Kier molecular flexibility index (Phi) is 4.82. The Morgan fingerprint density at radius 2 is 1.96 bits per heavy atom. The standard InChI is InChI=1S/C19H23BrN2O3/c20-16-3-1-2-13(8-16)14-4-6-21(10-14)19(24)22-7-5-18-15(11-22)9-17(23)12-25-18/h1-3,8,14-15,18H,4-7,9-12H2/t14?,15-,18+/m1/s1. The summed E-state index contributed by atoms with van der Waals surface area (Å²) in [6.45, 7) is 3.19. The maximum Gasteiger partial charge on any atom is 0.320 e. The second-order valence-electron chi connectivity index (χ2n) is 7.36. The number of ether oxygens (including phenoxy) is 1. The molecule has 3 aliphatic rings. The first-order chi connectivity index (χ1) is 12.1. The topological polar surface area (TPSA) is 49.9 Å². The number of halogens is 1. The Bertz CT molecular complexity index is 680. The van der Waals surface area contributed by atoms with Crippen molar-refractivity contribution in [3.8, 4) is 0 Å². The Hall–Kier alpha value is -1.40. The minimum Gasteiger partial charge on any atom is -0.370 e. The molecule has 4 rings (SSSR count). The summed E-state index contributed by atoms with van der Waals surface area (Å²) < 4.78 is 6.71. The predicted octanol–water partition coefficient (Wildman–Crippen LogP) is 3.04. The van der Waals surface area contributed by atoms with Crippen LogP contribution in [0.1, 0.15) is 30.7 Å². The van der Waals surface area contributed by atoms with E-state index in [1.807, 2.05) is 15.9 Å². The first kappa shape index (κ1) is 17.0. The van der Waals surface area contributed by atoms with Crippen LogP contribution in [0.25, 0.3) is 0 Å². The van der Waals surface area contributed by atoms with Gasteiger partial charge in [0, 0.05) is 48.9 Å². The van der Waals surface area contributed by atoms with Crippen LogP contribution in [0.3, 0.4) is 0 Å². The van der Waals surface area contributed by atoms with Crippen LogP contribution in [0.4, 0.5) is 4.79 Å². The second kappa shape index (κ2) is 7.08. The maximum absolute atomic E-state index is 12.9. The molecule has 0 aromatic heterocycles. The van der Waals surface area contributed by atoms with Crippen molar-refractivity contribution in [2.45, 2.75) is 31.3 Å². The van der Waals surface area contributed by atoms with E-state index in [1.165, 1.54) is 5.56 Å². The van der Waals surface area contributed by atoms with Crippen molar-refractivity contribution in [2.24, 2.45) is 5.92 Å². The molecule has 3 atom stereocenters. The smallest absolute Gasteiger partial charge is 0.320 e. The van der Waals surface area contributed by atoms with Crippen LogP contribution < -0.4 is 0 Å². The molecule has 0 radical (unpaired) electrons. The second-order valence-corrected chi connectivity index (χ2v) is 8.27. The summed E-state index contributed by atoms with van der Waals surface area (Å²) in [5, 5.41) is 0. The summed E-state index contributed by atoms with van der Waals surface area (Å²) in [5.41, 5.74) is 1.29. The quantitative estimate of drug-likeness (QED) is 0.719. The molecule has 3 heterocycles. The molecule has 0 saturated carbocycles. The van der Waals surface area contributed by atoms with Crippen molar-refractivity contribution in [1.82, 2.24) is 9.80 Å². The van der Waals surface area contributed by atoms with Gasteiger partial charge in [0.15, 0.2) is 5.78 Å². The summed E-state index contributed by atoms with van der Waals surface area (Å²) in [5.74, 6) is 0.729. The van der Waals surface area contributed by atoms with E-state index < -0.39 is 0 Å². The number of benzene rings is 1. The Morgan fingerprint density at radius 1 is 1.16 bits per heavy atom. The highest BCUT2D eigenvalue weighted by Crippen LogP contribution is 2.31. The largest absolute Gasteiger partial charge is 0.370 e. The first-order valence-corrected chi connectivity index (χ1v) is 9.82. The number of fused-ring (bicyclic) bond motifs is 1. The molecule has 3 aliphatic heterocycles. The number of ketones is 1. The average Bonchev–Trinajstić information content (AvgIpc) is 3.10. The monoisotopic (exact) mass is 406 g/mol. The van der Waals surface area contributed by atoms with Gasteiger partial charge >= 0.3 is 6.03 Å². The molecule has 1 unspecified atom stereocenters. The number of rotatable bonds is 1. The van der Waals surface area contributed by atoms with E-state index in [0.717, 1.165) is 36.9 Å². The summed E-state index contributed by atoms with van der Waals surface area (Å²) in [4.78, 5) is 28.4. The van der Waals surface area contributed by atoms with E-state index >= 15 is 0 Å². The number of hydrogen-bond acceptors (Lipinski definition) is 3. The van der Waals surface area contributed by atoms with Crippen molar-refractivity contribution in [3.63, 3.8) is 0 Å². The lowest BCUT2D eigenvalue weighted by atomic mass is 9.88. The lowest BCUT2D eigenvalue weighted by Crippen LogP contribution is -2.53. The molecule has 6 heteroatoms. The van der Waals surface area contributed by atoms with Crippen LogP contribution in [-0.2, 0) is 9.53 Å². The summed E-state index contributed by atoms with van der Waals surface area (Å²) in [7, 11) is 0. The van der Waals surface area contributed by atoms with Gasteiger partial charge in [-0.1, -0.05) is 28.1 Å². The number of carbonyl (C=O) groups excluding carboxylic acids is 2. The average molecular weight is 407 g/mol. The zero-order chi connectivity index (χ0) is 17.4. The highest BCUT2D eigenvalue weighted by atomic mass is 79.9. The van der Waals surface area contributed by atoms with Crippen LogP contribution in [-0.4, -0.2) is 60.5 Å². The SMILES string of the molecule is O=C1CO[C@H]2CCN(C(=O)N3CCC(c4cccc(Br)c4)C3)C[C@H]2C1. The molecule has 2 amide bonds. The number of nitrogens with zero attached hydrogens (tertiary/aromatic N) is 2. The van der Waals surface area contributed by atoms with Gasteiger partial charge in [0.25, 0.3) is 0 Å². The van der Waals surface area contributed by atoms with Gasteiger partial charge in [0.2, 0.25) is 0 Å². The molecule has 0 N–H and O–H groups in total. The number of hydrogen-bond donors (Lipinski definition) is 0. The maximum atomic E-state index is 12.9. The van der Waals surface area contributed by atoms with Gasteiger partial charge in [0.05, 0.1) is 6.10 Å². The van der Waals surface area contributed by atoms with Gasteiger partial charge in [-0.3, -0.25) is 4.79 Å². The van der Waals surface area contributed by atoms with Crippen LogP contribution in [0.2, 0.25) is 0 Å². The lowest BCUT2D eigenvalue weighted by Gasteiger charge is -2.41. The fraction of sp³-hybridized carbons (Fsp3) is 0.579. The van der Waals surface area contributed by atoms with E-state index in [2.05, 4.69) is 34.1 Å². The molecule has 3 saturated heterocycles. The third kappa shape index (κ3) is 3.60. The normalized spacial score (nSPS) is 29.6. The van der Waals surface area contributed by atoms with Crippen molar-refractivity contribution >= 4 is 27.7 Å². The zero-order valence-electron chi connectivity index (χ0n) is 14.2. The van der Waals surface area contributed by atoms with Crippen LogP contribution in [0.5, 0.6) is 0 Å². The van der Waals surface area contributed by atoms with E-state index in [4.69, 9.17) is 4.74 Å². The van der Waals surface area contributed by atoms with Gasteiger partial charge in [-0.15, -0.1) is 0 Å². The molecule has 1 aromatic rings. The van der Waals surface area contributed by atoms with Gasteiger partial charge in [-0.05, 0) is 30.5 Å². The number of urea groups is 1. The van der Waals surface area contributed by atoms with Crippen LogP contribution in [0.15, 0.2) is 28.7 Å². The molecule has 5 nitrogen and oxygen atoms in total. The number of amides is 2. The number of Topliss-reactive ketones (excluding diaryl/α,β-unsaturated/α-hetero) is 1. The predicted molar refractivity (Wildman–Crippen MR) is 97.5 cm³/mol. The van der Waals surface area contributed by atoms with E-state index in [9.17, 15) is 9.59 Å². The van der Waals surface area contributed by atoms with E-state index in [0.29, 0.717) is 18.9 Å². The minimum absolute atomic E-state index is 0.119. The summed E-state index contributed by atoms with van der Waals surface area (Å²) >= 11 is 3.52. The first-order valence-electron chi connectivity index (χ1n) is 9.03. The Balaban J connectivity index is 1.38.